The van der Waals surface area contributed by atoms with Gasteiger partial charge in [0.2, 0.25) is 11.9 Å². The summed E-state index contributed by atoms with van der Waals surface area (Å²) in [6.07, 6.45) is 3.37. The van der Waals surface area contributed by atoms with Crippen molar-refractivity contribution in [2.75, 3.05) is 11.9 Å². The molecule has 1 amide bonds. The first-order valence-electron chi connectivity index (χ1n) is 10.0. The highest BCUT2D eigenvalue weighted by Gasteiger charge is 2.19. The Labute approximate surface area is 184 Å². The minimum Gasteiger partial charge on any atom is -0.396 e. The Kier molecular flexibility index (Phi) is 6.18. The van der Waals surface area contributed by atoms with Gasteiger partial charge in [0.1, 0.15) is 0 Å². The van der Waals surface area contributed by atoms with Crippen LogP contribution in [0.2, 0.25) is 0 Å². The molecule has 32 heavy (non-hydrogen) atoms. The van der Waals surface area contributed by atoms with E-state index < -0.39 is 5.91 Å². The first kappa shape index (κ1) is 21.1. The van der Waals surface area contributed by atoms with Crippen LogP contribution in [0.5, 0.6) is 0 Å². The fraction of sp³-hybridized carbons (Fsp3) is 0.174. The van der Waals surface area contributed by atoms with E-state index in [0.717, 1.165) is 11.1 Å². The number of aromatic nitrogens is 4. The summed E-state index contributed by atoms with van der Waals surface area (Å²) in [7, 11) is 0. The fourth-order valence-electron chi connectivity index (χ4n) is 3.50. The molecular weight excluding hydrogens is 408 g/mol. The van der Waals surface area contributed by atoms with Crippen LogP contribution in [-0.4, -0.2) is 37.7 Å². The second-order valence-corrected chi connectivity index (χ2v) is 7.31. The summed E-state index contributed by atoms with van der Waals surface area (Å²) >= 11 is 0. The predicted octanol–water partition coefficient (Wildman–Crippen LogP) is 3.00. The molecule has 162 valence electrons. The smallest absolute Gasteiger partial charge is 0.261 e. The van der Waals surface area contributed by atoms with Crippen molar-refractivity contribution in [3.63, 3.8) is 0 Å². The molecule has 0 radical (unpaired) electrons. The quantitative estimate of drug-likeness (QED) is 0.387. The fourth-order valence-corrected chi connectivity index (χ4v) is 3.50. The van der Waals surface area contributed by atoms with Crippen LogP contribution in [-0.2, 0) is 6.42 Å². The van der Waals surface area contributed by atoms with Gasteiger partial charge in [-0.05, 0) is 42.7 Å². The van der Waals surface area contributed by atoms with Gasteiger partial charge in [-0.3, -0.25) is 4.79 Å². The van der Waals surface area contributed by atoms with E-state index in [9.17, 15) is 9.90 Å². The molecule has 9 heteroatoms. The van der Waals surface area contributed by atoms with Crippen LogP contribution in [0.4, 0.5) is 11.6 Å². The number of rotatable bonds is 8. The number of carbonyl (C=O) groups is 1. The number of aliphatic hydroxyl groups is 1. The highest BCUT2D eigenvalue weighted by atomic mass is 16.5. The minimum absolute atomic E-state index is 0.0478. The largest absolute Gasteiger partial charge is 0.396 e. The van der Waals surface area contributed by atoms with Gasteiger partial charge in [0.05, 0.1) is 17.9 Å². The molecule has 0 unspecified atom stereocenters. The number of benzene rings is 2. The summed E-state index contributed by atoms with van der Waals surface area (Å²) in [5, 5.41) is 16.8. The number of anilines is 2. The number of hydrogen-bond acceptors (Lipinski definition) is 8. The Bertz CT molecular complexity index is 1210. The number of nitrogens with zero attached hydrogens (tertiary/aromatic N) is 4. The lowest BCUT2D eigenvalue weighted by Gasteiger charge is -2.16. The first-order chi connectivity index (χ1) is 15.5. The molecule has 9 nitrogen and oxygen atoms in total. The standard InChI is InChI=1S/C23H22N6O3/c1-14-9-17(7-8-18(14)21(24)31)28-23-25-11-19(22-26-13-27-32-22)20(29-23)10-16(12-30)15-5-3-2-4-6-15/h2-9,11,13,16,30H,10,12H2,1H3,(H2,24,31)(H,25,28,29)/t16-/m1/s1. The van der Waals surface area contributed by atoms with E-state index in [2.05, 4.69) is 25.4 Å². The van der Waals surface area contributed by atoms with E-state index in [4.69, 9.17) is 10.3 Å². The lowest BCUT2D eigenvalue weighted by atomic mass is 9.93. The Hall–Kier alpha value is -4.11. The van der Waals surface area contributed by atoms with Crippen molar-refractivity contribution < 1.29 is 14.4 Å². The van der Waals surface area contributed by atoms with Gasteiger partial charge in [-0.1, -0.05) is 35.5 Å². The molecule has 0 spiro atoms. The SMILES string of the molecule is Cc1cc(Nc2ncc(-c3ncno3)c(C[C@H](CO)c3ccccc3)n2)ccc1C(N)=O. The third-order valence-corrected chi connectivity index (χ3v) is 5.14. The molecule has 0 aliphatic heterocycles. The number of carbonyl (C=O) groups excluding carboxylic acids is 1. The molecular formula is C23H22N6O3. The van der Waals surface area contributed by atoms with E-state index in [1.54, 1.807) is 24.4 Å². The van der Waals surface area contributed by atoms with Gasteiger partial charge >= 0.3 is 0 Å². The third kappa shape index (κ3) is 4.62. The van der Waals surface area contributed by atoms with Crippen LogP contribution >= 0.6 is 0 Å². The summed E-state index contributed by atoms with van der Waals surface area (Å²) in [4.78, 5) is 24.6. The molecule has 1 atom stereocenters. The molecule has 0 aliphatic rings. The maximum atomic E-state index is 11.5. The molecule has 2 aromatic carbocycles. The van der Waals surface area contributed by atoms with Crippen molar-refractivity contribution in [2.24, 2.45) is 5.73 Å². The number of amides is 1. The summed E-state index contributed by atoms with van der Waals surface area (Å²) in [5.41, 5.74) is 9.55. The molecule has 4 N–H and O–H groups in total. The van der Waals surface area contributed by atoms with Gasteiger partial charge in [-0.25, -0.2) is 9.97 Å². The number of nitrogens with two attached hydrogens (primary N) is 1. The molecule has 0 saturated heterocycles. The van der Waals surface area contributed by atoms with Crippen LogP contribution in [0.15, 0.2) is 65.6 Å². The Morgan fingerprint density at radius 2 is 2.00 bits per heavy atom. The lowest BCUT2D eigenvalue weighted by molar-refractivity contribution is 0.0999. The number of nitrogens with one attached hydrogen (secondary N) is 1. The Morgan fingerprint density at radius 1 is 1.19 bits per heavy atom. The van der Waals surface area contributed by atoms with Crippen molar-refractivity contribution in [2.45, 2.75) is 19.3 Å². The molecule has 2 aromatic heterocycles. The van der Waals surface area contributed by atoms with Gasteiger partial charge < -0.3 is 20.7 Å². The van der Waals surface area contributed by atoms with Crippen molar-refractivity contribution in [3.05, 3.63) is 83.4 Å². The maximum Gasteiger partial charge on any atom is 0.261 e. The van der Waals surface area contributed by atoms with E-state index in [0.29, 0.717) is 40.8 Å². The second kappa shape index (κ2) is 9.36. The first-order valence-corrected chi connectivity index (χ1v) is 10.0. The zero-order valence-electron chi connectivity index (χ0n) is 17.4. The molecule has 4 rings (SSSR count). The average molecular weight is 430 g/mol. The van der Waals surface area contributed by atoms with Gasteiger partial charge in [0.25, 0.3) is 5.89 Å². The van der Waals surface area contributed by atoms with Crippen LogP contribution in [0, 0.1) is 6.92 Å². The average Bonchev–Trinajstić information content (AvgIpc) is 3.33. The van der Waals surface area contributed by atoms with E-state index >= 15 is 0 Å². The van der Waals surface area contributed by atoms with Gasteiger partial charge in [-0.15, -0.1) is 0 Å². The zero-order valence-corrected chi connectivity index (χ0v) is 17.4. The van der Waals surface area contributed by atoms with Crippen LogP contribution in [0.3, 0.4) is 0 Å². The van der Waals surface area contributed by atoms with Crippen molar-refractivity contribution >= 4 is 17.5 Å². The highest BCUT2D eigenvalue weighted by Crippen LogP contribution is 2.27. The summed E-state index contributed by atoms with van der Waals surface area (Å²) < 4.78 is 5.22. The van der Waals surface area contributed by atoms with E-state index in [1.165, 1.54) is 6.33 Å². The van der Waals surface area contributed by atoms with Crippen LogP contribution in [0.25, 0.3) is 11.5 Å². The number of aryl methyl sites for hydroxylation is 1. The van der Waals surface area contributed by atoms with Gasteiger partial charge in [0.15, 0.2) is 6.33 Å². The van der Waals surface area contributed by atoms with Crippen LogP contribution < -0.4 is 11.1 Å². The molecule has 0 aliphatic carbocycles. The molecule has 0 fully saturated rings. The number of aliphatic hydroxyl groups excluding tert-OH is 1. The summed E-state index contributed by atoms with van der Waals surface area (Å²) in [6, 6.07) is 14.9. The Balaban J connectivity index is 1.67. The lowest BCUT2D eigenvalue weighted by Crippen LogP contribution is -2.13. The monoisotopic (exact) mass is 430 g/mol. The van der Waals surface area contributed by atoms with E-state index in [-0.39, 0.29) is 12.5 Å². The Morgan fingerprint density at radius 3 is 2.66 bits per heavy atom. The topological polar surface area (TPSA) is 140 Å². The summed E-state index contributed by atoms with van der Waals surface area (Å²) in [5.74, 6) is 0.0161. The molecule has 0 saturated carbocycles. The summed E-state index contributed by atoms with van der Waals surface area (Å²) in [6.45, 7) is 1.76. The predicted molar refractivity (Wildman–Crippen MR) is 118 cm³/mol. The van der Waals surface area contributed by atoms with Crippen molar-refractivity contribution in [1.82, 2.24) is 20.1 Å². The highest BCUT2D eigenvalue weighted by molar-refractivity contribution is 5.94. The van der Waals surface area contributed by atoms with Gasteiger partial charge in [-0.2, -0.15) is 4.98 Å². The van der Waals surface area contributed by atoms with Crippen LogP contribution in [0.1, 0.15) is 33.1 Å². The molecule has 4 aromatic rings. The zero-order chi connectivity index (χ0) is 22.5. The van der Waals surface area contributed by atoms with Crippen molar-refractivity contribution in [1.29, 1.82) is 0 Å². The van der Waals surface area contributed by atoms with E-state index in [1.807, 2.05) is 37.3 Å². The molecule has 2 heterocycles. The third-order valence-electron chi connectivity index (χ3n) is 5.14. The number of hydrogen-bond donors (Lipinski definition) is 3. The van der Waals surface area contributed by atoms with Gasteiger partial charge in [0, 0.05) is 23.4 Å². The second-order valence-electron chi connectivity index (χ2n) is 7.31. The van der Waals surface area contributed by atoms with Crippen molar-refractivity contribution in [3.8, 4) is 11.5 Å². The molecule has 0 bridgehead atoms. The number of primary amides is 1. The normalized spacial score (nSPS) is 11.8. The maximum absolute atomic E-state index is 11.5. The minimum atomic E-state index is -0.479.